The molecule has 1 aliphatic rings. The van der Waals surface area contributed by atoms with E-state index < -0.39 is 11.6 Å². The van der Waals surface area contributed by atoms with Gasteiger partial charge in [-0.3, -0.25) is 4.90 Å². The predicted octanol–water partition coefficient (Wildman–Crippen LogP) is 2.73. The standard InChI is InChI=1S/C16H24F2N2O/c1-3-7-20-8-9-21-15(11-20)16(19-4-2)13-6-5-12(17)10-14(13)18/h5-6,10,15-16,19H,3-4,7-9,11H2,1-2H3. The van der Waals surface area contributed by atoms with Crippen LogP contribution in [0.5, 0.6) is 0 Å². The molecule has 1 saturated heterocycles. The van der Waals surface area contributed by atoms with Gasteiger partial charge in [0.25, 0.3) is 0 Å². The Morgan fingerprint density at radius 1 is 1.38 bits per heavy atom. The van der Waals surface area contributed by atoms with Crippen LogP contribution in [0, 0.1) is 11.6 Å². The summed E-state index contributed by atoms with van der Waals surface area (Å²) in [5, 5.41) is 3.28. The average molecular weight is 298 g/mol. The third kappa shape index (κ3) is 4.22. The minimum Gasteiger partial charge on any atom is -0.374 e. The number of ether oxygens (including phenoxy) is 1. The van der Waals surface area contributed by atoms with E-state index in [-0.39, 0.29) is 12.1 Å². The highest BCUT2D eigenvalue weighted by atomic mass is 19.1. The predicted molar refractivity (Wildman–Crippen MR) is 79.2 cm³/mol. The van der Waals surface area contributed by atoms with E-state index in [9.17, 15) is 8.78 Å². The first-order valence-corrected chi connectivity index (χ1v) is 7.68. The first-order valence-electron chi connectivity index (χ1n) is 7.68. The molecule has 1 aromatic carbocycles. The van der Waals surface area contributed by atoms with E-state index in [1.165, 1.54) is 12.1 Å². The molecule has 3 nitrogen and oxygen atoms in total. The van der Waals surface area contributed by atoms with Crippen LogP contribution in [0.25, 0.3) is 0 Å². The van der Waals surface area contributed by atoms with Crippen LogP contribution >= 0.6 is 0 Å². The van der Waals surface area contributed by atoms with E-state index in [1.54, 1.807) is 0 Å². The molecule has 1 aromatic rings. The molecular formula is C16H24F2N2O. The van der Waals surface area contributed by atoms with Gasteiger partial charge in [0.2, 0.25) is 0 Å². The number of rotatable bonds is 6. The van der Waals surface area contributed by atoms with Crippen molar-refractivity contribution in [2.45, 2.75) is 32.4 Å². The summed E-state index contributed by atoms with van der Waals surface area (Å²) in [6, 6.07) is 3.50. The zero-order valence-corrected chi connectivity index (χ0v) is 12.7. The number of hydrogen-bond acceptors (Lipinski definition) is 3. The summed E-state index contributed by atoms with van der Waals surface area (Å²) in [7, 11) is 0. The van der Waals surface area contributed by atoms with Crippen molar-refractivity contribution in [1.29, 1.82) is 0 Å². The van der Waals surface area contributed by atoms with Crippen molar-refractivity contribution in [3.63, 3.8) is 0 Å². The second kappa shape index (κ2) is 7.82. The number of halogens is 2. The zero-order valence-electron chi connectivity index (χ0n) is 12.7. The van der Waals surface area contributed by atoms with E-state index in [4.69, 9.17) is 4.74 Å². The third-order valence-electron chi connectivity index (χ3n) is 3.81. The van der Waals surface area contributed by atoms with Gasteiger partial charge >= 0.3 is 0 Å². The SMILES string of the molecule is CCCN1CCOC(C(NCC)c2ccc(F)cc2F)C1. The Morgan fingerprint density at radius 3 is 2.86 bits per heavy atom. The fourth-order valence-electron chi connectivity index (χ4n) is 2.87. The highest BCUT2D eigenvalue weighted by Gasteiger charge is 2.30. The second-order valence-electron chi connectivity index (χ2n) is 5.41. The van der Waals surface area contributed by atoms with Gasteiger partial charge < -0.3 is 10.1 Å². The Balaban J connectivity index is 2.17. The first kappa shape index (κ1) is 16.3. The third-order valence-corrected chi connectivity index (χ3v) is 3.81. The van der Waals surface area contributed by atoms with Gasteiger partial charge in [0.15, 0.2) is 0 Å². The number of nitrogens with zero attached hydrogens (tertiary/aromatic N) is 1. The van der Waals surface area contributed by atoms with Gasteiger partial charge in [0.05, 0.1) is 18.8 Å². The summed E-state index contributed by atoms with van der Waals surface area (Å²) in [5.41, 5.74) is 0.474. The minimum atomic E-state index is -0.552. The Labute approximate surface area is 125 Å². The molecule has 1 heterocycles. The van der Waals surface area contributed by atoms with Crippen molar-refractivity contribution in [3.8, 4) is 0 Å². The zero-order chi connectivity index (χ0) is 15.2. The average Bonchev–Trinajstić information content (AvgIpc) is 2.46. The van der Waals surface area contributed by atoms with Crippen molar-refractivity contribution >= 4 is 0 Å². The molecule has 0 bridgehead atoms. The summed E-state index contributed by atoms with van der Waals surface area (Å²) in [6.45, 7) is 8.17. The van der Waals surface area contributed by atoms with Crippen LogP contribution in [0.4, 0.5) is 8.78 Å². The molecule has 0 aliphatic carbocycles. The summed E-state index contributed by atoms with van der Waals surface area (Å²) in [4.78, 5) is 2.33. The van der Waals surface area contributed by atoms with Crippen LogP contribution in [0.3, 0.4) is 0 Å². The van der Waals surface area contributed by atoms with Gasteiger partial charge in [0, 0.05) is 24.7 Å². The summed E-state index contributed by atoms with van der Waals surface area (Å²) < 4.78 is 33.0. The van der Waals surface area contributed by atoms with Crippen molar-refractivity contribution in [1.82, 2.24) is 10.2 Å². The van der Waals surface area contributed by atoms with Gasteiger partial charge in [-0.25, -0.2) is 8.78 Å². The van der Waals surface area contributed by atoms with E-state index in [0.29, 0.717) is 18.7 Å². The van der Waals surface area contributed by atoms with Crippen molar-refractivity contribution in [2.24, 2.45) is 0 Å². The molecule has 0 aromatic heterocycles. The van der Waals surface area contributed by atoms with Crippen LogP contribution in [0.1, 0.15) is 31.9 Å². The first-order chi connectivity index (χ1) is 10.2. The lowest BCUT2D eigenvalue weighted by molar-refractivity contribution is -0.0473. The minimum absolute atomic E-state index is 0.120. The maximum Gasteiger partial charge on any atom is 0.130 e. The monoisotopic (exact) mass is 298 g/mol. The molecule has 0 amide bonds. The fourth-order valence-corrected chi connectivity index (χ4v) is 2.87. The Hall–Kier alpha value is -1.04. The lowest BCUT2D eigenvalue weighted by Gasteiger charge is -2.37. The molecule has 2 atom stereocenters. The van der Waals surface area contributed by atoms with Crippen LogP contribution in [0.2, 0.25) is 0 Å². The Morgan fingerprint density at radius 2 is 2.19 bits per heavy atom. The quantitative estimate of drug-likeness (QED) is 0.874. The normalized spacial score (nSPS) is 21.4. The maximum atomic E-state index is 14.1. The Kier molecular flexibility index (Phi) is 6.08. The van der Waals surface area contributed by atoms with E-state index in [2.05, 4.69) is 17.1 Å². The molecule has 1 aliphatic heterocycles. The van der Waals surface area contributed by atoms with Gasteiger partial charge in [-0.2, -0.15) is 0 Å². The molecule has 2 rings (SSSR count). The van der Waals surface area contributed by atoms with E-state index >= 15 is 0 Å². The highest BCUT2D eigenvalue weighted by molar-refractivity contribution is 5.23. The molecule has 0 spiro atoms. The molecule has 1 fully saturated rings. The molecule has 1 N–H and O–H groups in total. The van der Waals surface area contributed by atoms with E-state index in [0.717, 1.165) is 32.1 Å². The number of morpholine rings is 1. The van der Waals surface area contributed by atoms with Crippen molar-refractivity contribution in [3.05, 3.63) is 35.4 Å². The van der Waals surface area contributed by atoms with E-state index in [1.807, 2.05) is 6.92 Å². The van der Waals surface area contributed by atoms with Gasteiger partial charge in [0.1, 0.15) is 11.6 Å². The molecular weight excluding hydrogens is 274 g/mol. The number of nitrogens with one attached hydrogen (secondary N) is 1. The largest absolute Gasteiger partial charge is 0.374 e. The van der Waals surface area contributed by atoms with Gasteiger partial charge in [-0.15, -0.1) is 0 Å². The second-order valence-corrected chi connectivity index (χ2v) is 5.41. The lowest BCUT2D eigenvalue weighted by Crippen LogP contribution is -2.48. The molecule has 118 valence electrons. The van der Waals surface area contributed by atoms with Crippen LogP contribution in [-0.4, -0.2) is 43.8 Å². The van der Waals surface area contributed by atoms with Crippen LogP contribution in [-0.2, 0) is 4.74 Å². The lowest BCUT2D eigenvalue weighted by atomic mass is 9.99. The fraction of sp³-hybridized carbons (Fsp3) is 0.625. The summed E-state index contributed by atoms with van der Waals surface area (Å²) in [6.07, 6.45) is 0.967. The number of hydrogen-bond donors (Lipinski definition) is 1. The number of likely N-dealkylation sites (N-methyl/N-ethyl adjacent to an activating group) is 1. The molecule has 2 unspecified atom stereocenters. The van der Waals surface area contributed by atoms with Crippen LogP contribution in [0.15, 0.2) is 18.2 Å². The smallest absolute Gasteiger partial charge is 0.130 e. The molecule has 0 saturated carbocycles. The molecule has 21 heavy (non-hydrogen) atoms. The van der Waals surface area contributed by atoms with Gasteiger partial charge in [-0.05, 0) is 25.6 Å². The number of benzene rings is 1. The van der Waals surface area contributed by atoms with Crippen molar-refractivity contribution in [2.75, 3.05) is 32.8 Å². The topological polar surface area (TPSA) is 24.5 Å². The maximum absolute atomic E-state index is 14.1. The highest BCUT2D eigenvalue weighted by Crippen LogP contribution is 2.25. The van der Waals surface area contributed by atoms with Crippen molar-refractivity contribution < 1.29 is 13.5 Å². The molecule has 0 radical (unpaired) electrons. The van der Waals surface area contributed by atoms with Gasteiger partial charge in [-0.1, -0.05) is 19.9 Å². The Bertz CT molecular complexity index is 454. The summed E-state index contributed by atoms with van der Waals surface area (Å²) >= 11 is 0. The summed E-state index contributed by atoms with van der Waals surface area (Å²) in [5.74, 6) is -1.07. The van der Waals surface area contributed by atoms with Crippen LogP contribution < -0.4 is 5.32 Å². The molecule has 5 heteroatoms.